The molecule has 0 saturated carbocycles. The number of aliphatic hydroxyl groups is 1. The zero-order valence-electron chi connectivity index (χ0n) is 13.9. The third-order valence-electron chi connectivity index (χ3n) is 4.75. The Balaban J connectivity index is 1.60. The van der Waals surface area contributed by atoms with Crippen LogP contribution in [-0.2, 0) is 6.54 Å². The molecule has 4 heteroatoms. The summed E-state index contributed by atoms with van der Waals surface area (Å²) in [6.07, 6.45) is 1.00. The summed E-state index contributed by atoms with van der Waals surface area (Å²) < 4.78 is 5.70. The highest BCUT2D eigenvalue weighted by Crippen LogP contribution is 2.26. The highest BCUT2D eigenvalue weighted by Gasteiger charge is 2.37. The zero-order chi connectivity index (χ0) is 15.7. The van der Waals surface area contributed by atoms with Crippen LogP contribution < -0.4 is 4.74 Å². The molecule has 2 saturated heterocycles. The first kappa shape index (κ1) is 15.8. The first-order valence-electron chi connectivity index (χ1n) is 8.43. The first-order valence-corrected chi connectivity index (χ1v) is 8.43. The molecule has 0 bridgehead atoms. The summed E-state index contributed by atoms with van der Waals surface area (Å²) in [6.45, 7) is 10.3. The van der Waals surface area contributed by atoms with E-state index in [1.165, 1.54) is 5.56 Å². The molecule has 0 radical (unpaired) electrons. The Bertz CT molecular complexity index is 488. The van der Waals surface area contributed by atoms with E-state index in [0.717, 1.165) is 38.3 Å². The summed E-state index contributed by atoms with van der Waals surface area (Å²) in [4.78, 5) is 4.99. The molecule has 2 heterocycles. The van der Waals surface area contributed by atoms with E-state index in [-0.39, 0.29) is 12.2 Å². The molecule has 0 aromatic heterocycles. The van der Waals surface area contributed by atoms with E-state index in [1.807, 2.05) is 13.8 Å². The van der Waals surface area contributed by atoms with Crippen LogP contribution in [0.1, 0.15) is 32.8 Å². The van der Waals surface area contributed by atoms with Gasteiger partial charge in [0.15, 0.2) is 0 Å². The van der Waals surface area contributed by atoms with Crippen molar-refractivity contribution in [2.75, 3.05) is 19.6 Å². The van der Waals surface area contributed by atoms with Gasteiger partial charge in [0.25, 0.3) is 0 Å². The lowest BCUT2D eigenvalue weighted by Gasteiger charge is -2.42. The molecule has 1 aromatic rings. The van der Waals surface area contributed by atoms with Crippen molar-refractivity contribution in [2.24, 2.45) is 0 Å². The maximum atomic E-state index is 9.85. The third-order valence-corrected chi connectivity index (χ3v) is 4.75. The van der Waals surface area contributed by atoms with Gasteiger partial charge in [-0.2, -0.15) is 0 Å². The minimum Gasteiger partial charge on any atom is -0.491 e. The minimum atomic E-state index is -0.135. The Morgan fingerprint density at radius 2 is 1.91 bits per heavy atom. The Morgan fingerprint density at radius 1 is 1.18 bits per heavy atom. The number of rotatable bonds is 4. The zero-order valence-corrected chi connectivity index (χ0v) is 13.9. The summed E-state index contributed by atoms with van der Waals surface area (Å²) >= 11 is 0. The summed E-state index contributed by atoms with van der Waals surface area (Å²) in [5.41, 5.74) is 1.33. The van der Waals surface area contributed by atoms with Gasteiger partial charge in [-0.05, 0) is 44.9 Å². The van der Waals surface area contributed by atoms with Crippen molar-refractivity contribution in [3.63, 3.8) is 0 Å². The Hall–Kier alpha value is -1.10. The summed E-state index contributed by atoms with van der Waals surface area (Å²) in [5.74, 6) is 0.940. The molecule has 2 aliphatic rings. The number of fused-ring (bicyclic) bond motifs is 1. The van der Waals surface area contributed by atoms with Crippen molar-refractivity contribution in [1.82, 2.24) is 9.80 Å². The predicted molar refractivity (Wildman–Crippen MR) is 88.1 cm³/mol. The normalized spacial score (nSPS) is 29.8. The SMILES string of the molecule is CC(C)Oc1ccc(CN2CC3C[C@@H](O)CN3C[C@H]2C)cc1. The van der Waals surface area contributed by atoms with Crippen LogP contribution in [0.4, 0.5) is 0 Å². The van der Waals surface area contributed by atoms with Crippen LogP contribution in [0, 0.1) is 0 Å². The molecule has 0 spiro atoms. The van der Waals surface area contributed by atoms with Crippen LogP contribution >= 0.6 is 0 Å². The van der Waals surface area contributed by atoms with E-state index in [1.54, 1.807) is 0 Å². The lowest BCUT2D eigenvalue weighted by Crippen LogP contribution is -2.54. The average Bonchev–Trinajstić information content (AvgIpc) is 2.80. The smallest absolute Gasteiger partial charge is 0.119 e. The summed E-state index contributed by atoms with van der Waals surface area (Å²) in [6, 6.07) is 9.52. The predicted octanol–water partition coefficient (Wildman–Crippen LogP) is 2.11. The summed E-state index contributed by atoms with van der Waals surface area (Å²) in [5, 5.41) is 9.85. The van der Waals surface area contributed by atoms with Gasteiger partial charge in [-0.3, -0.25) is 9.80 Å². The lowest BCUT2D eigenvalue weighted by molar-refractivity contribution is 0.0528. The van der Waals surface area contributed by atoms with E-state index in [4.69, 9.17) is 4.74 Å². The van der Waals surface area contributed by atoms with Gasteiger partial charge in [-0.1, -0.05) is 12.1 Å². The minimum absolute atomic E-state index is 0.135. The van der Waals surface area contributed by atoms with E-state index < -0.39 is 0 Å². The van der Waals surface area contributed by atoms with Crippen LogP contribution in [0.25, 0.3) is 0 Å². The van der Waals surface area contributed by atoms with Gasteiger partial charge in [0.05, 0.1) is 12.2 Å². The molecule has 3 rings (SSSR count). The van der Waals surface area contributed by atoms with Gasteiger partial charge in [0.1, 0.15) is 5.75 Å². The largest absolute Gasteiger partial charge is 0.491 e. The molecule has 2 aliphatic heterocycles. The molecule has 22 heavy (non-hydrogen) atoms. The standard InChI is InChI=1S/C18H28N2O2/c1-13(2)22-18-6-4-15(5-7-18)10-19-11-16-8-17(21)12-20(16)9-14(19)3/h4-7,13-14,16-17,21H,8-12H2,1-3H3/t14-,16?,17-/m1/s1. The highest BCUT2D eigenvalue weighted by atomic mass is 16.5. The third kappa shape index (κ3) is 3.62. The molecule has 3 atom stereocenters. The van der Waals surface area contributed by atoms with Gasteiger partial charge in [-0.25, -0.2) is 0 Å². The van der Waals surface area contributed by atoms with Crippen LogP contribution in [0.5, 0.6) is 5.75 Å². The van der Waals surface area contributed by atoms with Crippen molar-refractivity contribution < 1.29 is 9.84 Å². The molecule has 1 unspecified atom stereocenters. The quantitative estimate of drug-likeness (QED) is 0.924. The maximum absolute atomic E-state index is 9.85. The highest BCUT2D eigenvalue weighted by molar-refractivity contribution is 5.27. The molecule has 0 amide bonds. The first-order chi connectivity index (χ1) is 10.5. The number of nitrogens with zero attached hydrogens (tertiary/aromatic N) is 2. The molecule has 122 valence electrons. The molecular weight excluding hydrogens is 276 g/mol. The van der Waals surface area contributed by atoms with Crippen LogP contribution in [-0.4, -0.2) is 58.8 Å². The van der Waals surface area contributed by atoms with Crippen molar-refractivity contribution >= 4 is 0 Å². The molecule has 1 aromatic carbocycles. The molecule has 2 fully saturated rings. The Labute approximate surface area is 133 Å². The van der Waals surface area contributed by atoms with Crippen molar-refractivity contribution in [3.05, 3.63) is 29.8 Å². The van der Waals surface area contributed by atoms with Crippen molar-refractivity contribution in [1.29, 1.82) is 0 Å². The van der Waals surface area contributed by atoms with Crippen molar-refractivity contribution in [3.8, 4) is 5.75 Å². The Kier molecular flexibility index (Phi) is 4.71. The lowest BCUT2D eigenvalue weighted by atomic mass is 10.1. The summed E-state index contributed by atoms with van der Waals surface area (Å²) in [7, 11) is 0. The monoisotopic (exact) mass is 304 g/mol. The number of hydrogen-bond acceptors (Lipinski definition) is 4. The number of ether oxygens (including phenoxy) is 1. The van der Waals surface area contributed by atoms with Gasteiger partial charge in [0.2, 0.25) is 0 Å². The van der Waals surface area contributed by atoms with E-state index in [2.05, 4.69) is 41.0 Å². The topological polar surface area (TPSA) is 35.9 Å². The second-order valence-corrected chi connectivity index (χ2v) is 7.09. The fraction of sp³-hybridized carbons (Fsp3) is 0.667. The van der Waals surface area contributed by atoms with Gasteiger partial charge >= 0.3 is 0 Å². The second kappa shape index (κ2) is 6.57. The van der Waals surface area contributed by atoms with Gasteiger partial charge in [0, 0.05) is 38.3 Å². The second-order valence-electron chi connectivity index (χ2n) is 7.09. The van der Waals surface area contributed by atoms with Crippen LogP contribution in [0.15, 0.2) is 24.3 Å². The Morgan fingerprint density at radius 3 is 2.59 bits per heavy atom. The molecular formula is C18H28N2O2. The van der Waals surface area contributed by atoms with E-state index in [0.29, 0.717) is 12.1 Å². The maximum Gasteiger partial charge on any atom is 0.119 e. The molecule has 0 aliphatic carbocycles. The number of piperazine rings is 1. The molecule has 1 N–H and O–H groups in total. The van der Waals surface area contributed by atoms with E-state index in [9.17, 15) is 5.11 Å². The van der Waals surface area contributed by atoms with Crippen LogP contribution in [0.2, 0.25) is 0 Å². The fourth-order valence-corrected chi connectivity index (χ4v) is 3.68. The number of benzene rings is 1. The van der Waals surface area contributed by atoms with Gasteiger partial charge < -0.3 is 9.84 Å². The number of aliphatic hydroxyl groups excluding tert-OH is 1. The van der Waals surface area contributed by atoms with Crippen LogP contribution in [0.3, 0.4) is 0 Å². The number of hydrogen-bond donors (Lipinski definition) is 1. The van der Waals surface area contributed by atoms with Gasteiger partial charge in [-0.15, -0.1) is 0 Å². The fourth-order valence-electron chi connectivity index (χ4n) is 3.68. The van der Waals surface area contributed by atoms with E-state index >= 15 is 0 Å². The average molecular weight is 304 g/mol. The van der Waals surface area contributed by atoms with Crippen molar-refractivity contribution in [2.45, 2.75) is 58.0 Å². The molecule has 4 nitrogen and oxygen atoms in total.